The van der Waals surface area contributed by atoms with Crippen LogP contribution in [0.3, 0.4) is 0 Å². The Morgan fingerprint density at radius 1 is 1.08 bits per heavy atom. The van der Waals surface area contributed by atoms with E-state index in [1.165, 1.54) is 0 Å². The highest BCUT2D eigenvalue weighted by atomic mass is 35.5. The fourth-order valence-corrected chi connectivity index (χ4v) is 2.42. The highest BCUT2D eigenvalue weighted by Gasteiger charge is 2.07. The minimum absolute atomic E-state index is 0.0113. The van der Waals surface area contributed by atoms with Gasteiger partial charge in [-0.2, -0.15) is 4.98 Å². The Morgan fingerprint density at radius 3 is 2.75 bits per heavy atom. The average Bonchev–Trinajstić information content (AvgIpc) is 2.57. The number of nitrogens with two attached hydrogens (primary N) is 1. The molecule has 2 aromatic heterocycles. The highest BCUT2D eigenvalue weighted by Crippen LogP contribution is 2.20. The lowest BCUT2D eigenvalue weighted by Gasteiger charge is -2.09. The van der Waals surface area contributed by atoms with E-state index in [0.29, 0.717) is 5.82 Å². The van der Waals surface area contributed by atoms with E-state index in [1.807, 2.05) is 36.4 Å². The maximum Gasteiger partial charge on any atom is 0.224 e. The molecular formula is C17H15ClFN5. The van der Waals surface area contributed by atoms with Gasteiger partial charge in [0.2, 0.25) is 5.28 Å². The van der Waals surface area contributed by atoms with E-state index in [0.717, 1.165) is 36.0 Å². The van der Waals surface area contributed by atoms with Crippen molar-refractivity contribution in [2.45, 2.75) is 12.8 Å². The third kappa shape index (κ3) is 4.17. The van der Waals surface area contributed by atoms with Gasteiger partial charge in [-0.25, -0.2) is 14.4 Å². The van der Waals surface area contributed by atoms with Crippen molar-refractivity contribution in [3.8, 4) is 0 Å². The Labute approximate surface area is 143 Å². The van der Waals surface area contributed by atoms with Crippen molar-refractivity contribution in [2.75, 3.05) is 11.1 Å². The van der Waals surface area contributed by atoms with E-state index in [1.54, 1.807) is 6.07 Å². The van der Waals surface area contributed by atoms with Crippen LogP contribution in [-0.4, -0.2) is 15.0 Å². The minimum atomic E-state index is -0.561. The Bertz CT molecular complexity index is 856. The van der Waals surface area contributed by atoms with Gasteiger partial charge in [-0.3, -0.25) is 0 Å². The second-order valence-electron chi connectivity index (χ2n) is 5.21. The van der Waals surface area contributed by atoms with E-state index in [-0.39, 0.29) is 11.1 Å². The Morgan fingerprint density at radius 2 is 1.92 bits per heavy atom. The third-order valence-electron chi connectivity index (χ3n) is 3.40. The Hall–Kier alpha value is -2.73. The summed E-state index contributed by atoms with van der Waals surface area (Å²) >= 11 is 5.70. The summed E-state index contributed by atoms with van der Waals surface area (Å²) in [5.74, 6) is -0.00236. The summed E-state index contributed by atoms with van der Waals surface area (Å²) in [4.78, 5) is 11.7. The van der Waals surface area contributed by atoms with Gasteiger partial charge in [0.1, 0.15) is 5.82 Å². The smallest absolute Gasteiger partial charge is 0.224 e. The van der Waals surface area contributed by atoms with Crippen LogP contribution in [-0.2, 0) is 12.8 Å². The molecule has 0 saturated carbocycles. The van der Waals surface area contributed by atoms with Crippen LogP contribution in [0.4, 0.5) is 21.7 Å². The first kappa shape index (κ1) is 16.1. The maximum absolute atomic E-state index is 13.7. The zero-order valence-electron chi connectivity index (χ0n) is 12.7. The maximum atomic E-state index is 13.7. The molecule has 0 amide bonds. The predicted molar refractivity (Wildman–Crippen MR) is 92.8 cm³/mol. The molecule has 0 atom stereocenters. The second kappa shape index (κ2) is 7.23. The lowest BCUT2D eigenvalue weighted by molar-refractivity contribution is 0.619. The average molecular weight is 344 g/mol. The first-order valence-corrected chi connectivity index (χ1v) is 7.73. The Kier molecular flexibility index (Phi) is 4.86. The number of halogens is 2. The van der Waals surface area contributed by atoms with Crippen molar-refractivity contribution in [3.63, 3.8) is 0 Å². The molecule has 0 fully saturated rings. The third-order valence-corrected chi connectivity index (χ3v) is 3.58. The monoisotopic (exact) mass is 343 g/mol. The van der Waals surface area contributed by atoms with E-state index in [4.69, 9.17) is 17.3 Å². The molecule has 3 rings (SSSR count). The number of anilines is 3. The fraction of sp³-hybridized carbons (Fsp3) is 0.118. The number of benzene rings is 1. The largest absolute Gasteiger partial charge is 0.384 e. The van der Waals surface area contributed by atoms with Crippen LogP contribution in [0.2, 0.25) is 5.28 Å². The summed E-state index contributed by atoms with van der Waals surface area (Å²) in [6, 6.07) is 13.2. The fourth-order valence-electron chi connectivity index (χ4n) is 2.28. The lowest BCUT2D eigenvalue weighted by atomic mass is 10.1. The summed E-state index contributed by atoms with van der Waals surface area (Å²) in [7, 11) is 0. The van der Waals surface area contributed by atoms with Crippen LogP contribution in [0.1, 0.15) is 11.3 Å². The molecule has 3 N–H and O–H groups in total. The number of nitrogen functional groups attached to an aromatic ring is 1. The van der Waals surface area contributed by atoms with Gasteiger partial charge >= 0.3 is 0 Å². The van der Waals surface area contributed by atoms with Crippen molar-refractivity contribution in [1.29, 1.82) is 0 Å². The number of nitrogens with one attached hydrogen (secondary N) is 1. The van der Waals surface area contributed by atoms with Crippen molar-refractivity contribution in [3.05, 3.63) is 71.0 Å². The number of hydrogen-bond acceptors (Lipinski definition) is 5. The van der Waals surface area contributed by atoms with Crippen LogP contribution in [0.25, 0.3) is 0 Å². The number of pyridine rings is 1. The Balaban J connectivity index is 1.71. The summed E-state index contributed by atoms with van der Waals surface area (Å²) in [6.07, 6.45) is 2.59. The molecule has 24 heavy (non-hydrogen) atoms. The summed E-state index contributed by atoms with van der Waals surface area (Å²) in [5, 5.41) is 2.90. The molecule has 0 saturated heterocycles. The molecule has 122 valence electrons. The van der Waals surface area contributed by atoms with Crippen LogP contribution in [0.5, 0.6) is 0 Å². The molecular weight excluding hydrogens is 329 g/mol. The van der Waals surface area contributed by atoms with Crippen molar-refractivity contribution in [1.82, 2.24) is 15.0 Å². The molecule has 3 aromatic rings. The second-order valence-corrected chi connectivity index (χ2v) is 5.55. The standard InChI is InChI=1S/C17H15ClFN5/c18-17-21-10-14(19)16(24-17)23-13-5-1-3-11(9-13)7-8-12-4-2-6-15(20)22-12/h1-6,9-10H,7-8H2,(H2,20,22)(H,21,23,24). The molecule has 0 unspecified atom stereocenters. The molecule has 7 heteroatoms. The quantitative estimate of drug-likeness (QED) is 0.689. The zero-order valence-corrected chi connectivity index (χ0v) is 13.5. The zero-order chi connectivity index (χ0) is 16.9. The van der Waals surface area contributed by atoms with E-state index in [2.05, 4.69) is 20.3 Å². The predicted octanol–water partition coefficient (Wildman–Crippen LogP) is 3.78. The van der Waals surface area contributed by atoms with Gasteiger partial charge in [-0.15, -0.1) is 0 Å². The molecule has 0 aliphatic carbocycles. The number of hydrogen-bond donors (Lipinski definition) is 2. The van der Waals surface area contributed by atoms with Crippen LogP contribution in [0.15, 0.2) is 48.7 Å². The highest BCUT2D eigenvalue weighted by molar-refractivity contribution is 6.28. The van der Waals surface area contributed by atoms with Crippen LogP contribution in [0, 0.1) is 5.82 Å². The number of rotatable bonds is 5. The topological polar surface area (TPSA) is 76.7 Å². The molecule has 0 aliphatic heterocycles. The van der Waals surface area contributed by atoms with E-state index < -0.39 is 5.82 Å². The van der Waals surface area contributed by atoms with Crippen LogP contribution >= 0.6 is 11.6 Å². The van der Waals surface area contributed by atoms with E-state index in [9.17, 15) is 4.39 Å². The van der Waals surface area contributed by atoms with Gasteiger partial charge in [0.25, 0.3) is 0 Å². The molecule has 0 spiro atoms. The SMILES string of the molecule is Nc1cccc(CCc2cccc(Nc3nc(Cl)ncc3F)c2)n1. The summed E-state index contributed by atoms with van der Waals surface area (Å²) in [5.41, 5.74) is 8.43. The molecule has 0 aliphatic rings. The first-order valence-electron chi connectivity index (χ1n) is 7.35. The number of nitrogens with zero attached hydrogens (tertiary/aromatic N) is 3. The molecule has 0 radical (unpaired) electrons. The lowest BCUT2D eigenvalue weighted by Crippen LogP contribution is -2.00. The summed E-state index contributed by atoms with van der Waals surface area (Å²) in [6.45, 7) is 0. The molecule has 0 bridgehead atoms. The van der Waals surface area contributed by atoms with E-state index >= 15 is 0 Å². The van der Waals surface area contributed by atoms with Gasteiger partial charge in [0.15, 0.2) is 11.6 Å². The van der Waals surface area contributed by atoms with Gasteiger partial charge in [-0.05, 0) is 54.3 Å². The van der Waals surface area contributed by atoms with Crippen molar-refractivity contribution < 1.29 is 4.39 Å². The number of aromatic nitrogens is 3. The minimum Gasteiger partial charge on any atom is -0.384 e. The van der Waals surface area contributed by atoms with Gasteiger partial charge in [0, 0.05) is 11.4 Å². The normalized spacial score (nSPS) is 10.6. The first-order chi connectivity index (χ1) is 11.6. The molecule has 5 nitrogen and oxygen atoms in total. The van der Waals surface area contributed by atoms with Gasteiger partial charge in [0.05, 0.1) is 6.20 Å². The number of aryl methyl sites for hydroxylation is 2. The summed E-state index contributed by atoms with van der Waals surface area (Å²) < 4.78 is 13.7. The van der Waals surface area contributed by atoms with Crippen molar-refractivity contribution >= 4 is 28.9 Å². The molecule has 2 heterocycles. The molecule has 1 aromatic carbocycles. The van der Waals surface area contributed by atoms with Gasteiger partial charge < -0.3 is 11.1 Å². The van der Waals surface area contributed by atoms with Crippen molar-refractivity contribution in [2.24, 2.45) is 0 Å². The van der Waals surface area contributed by atoms with Gasteiger partial charge in [-0.1, -0.05) is 18.2 Å². The van der Waals surface area contributed by atoms with Crippen LogP contribution < -0.4 is 11.1 Å².